The number of halogens is 1. The molecule has 0 aromatic rings. The smallest absolute Gasteiger partial charge is 0.0911 e. The van der Waals surface area contributed by atoms with Crippen LogP contribution in [0.15, 0.2) is 0 Å². The molecule has 0 bridgehead atoms. The minimum atomic E-state index is 0. The van der Waals surface area contributed by atoms with E-state index in [2.05, 4.69) is 40.0 Å². The lowest BCUT2D eigenvalue weighted by Gasteiger charge is -2.31. The summed E-state index contributed by atoms with van der Waals surface area (Å²) in [5.74, 6) is 0. The van der Waals surface area contributed by atoms with E-state index in [1.807, 2.05) is 0 Å². The summed E-state index contributed by atoms with van der Waals surface area (Å²) in [6.45, 7) is 6.11. The van der Waals surface area contributed by atoms with Gasteiger partial charge in [-0.05, 0) is 26.9 Å². The van der Waals surface area contributed by atoms with Crippen LogP contribution in [0.2, 0.25) is 0 Å². The molecule has 166 valence electrons. The fourth-order valence-electron chi connectivity index (χ4n) is 3.67. The fourth-order valence-corrected chi connectivity index (χ4v) is 3.67. The largest absolute Gasteiger partial charge is 1.00 e. The quantitative estimate of drug-likeness (QED) is 0.201. The van der Waals surface area contributed by atoms with Crippen LogP contribution in [0.25, 0.3) is 0 Å². The Morgan fingerprint density at radius 1 is 0.519 bits per heavy atom. The van der Waals surface area contributed by atoms with Gasteiger partial charge in [-0.2, -0.15) is 0 Å². The van der Waals surface area contributed by atoms with Gasteiger partial charge in [-0.3, -0.25) is 0 Å². The zero-order chi connectivity index (χ0) is 19.5. The number of hydrogen-bond acceptors (Lipinski definition) is 1. The van der Waals surface area contributed by atoms with Crippen molar-refractivity contribution in [1.29, 1.82) is 0 Å². The average Bonchev–Trinajstić information content (AvgIpc) is 2.60. The highest BCUT2D eigenvalue weighted by atomic mass is 79.9. The maximum atomic E-state index is 2.38. The number of nitrogens with zero attached hydrogens (tertiary/aromatic N) is 2. The minimum absolute atomic E-state index is 0. The summed E-state index contributed by atoms with van der Waals surface area (Å²) in [7, 11) is 9.12. The Hall–Kier alpha value is 0.400. The summed E-state index contributed by atoms with van der Waals surface area (Å²) in [5.41, 5.74) is 0. The van der Waals surface area contributed by atoms with E-state index in [4.69, 9.17) is 0 Å². The minimum Gasteiger partial charge on any atom is -1.00 e. The van der Waals surface area contributed by atoms with Crippen LogP contribution >= 0.6 is 0 Å². The Morgan fingerprint density at radius 2 is 0.852 bits per heavy atom. The van der Waals surface area contributed by atoms with Gasteiger partial charge in [0.2, 0.25) is 0 Å². The molecular weight excluding hydrogens is 396 g/mol. The van der Waals surface area contributed by atoms with Crippen molar-refractivity contribution in [3.05, 3.63) is 0 Å². The molecule has 0 fully saturated rings. The molecule has 3 heteroatoms. The predicted octanol–water partition coefficient (Wildman–Crippen LogP) is 3.89. The highest BCUT2D eigenvalue weighted by molar-refractivity contribution is 4.50. The Morgan fingerprint density at radius 3 is 1.19 bits per heavy atom. The normalized spacial score (nSPS) is 11.8. The van der Waals surface area contributed by atoms with Gasteiger partial charge in [0.15, 0.2) is 0 Å². The molecule has 0 saturated heterocycles. The van der Waals surface area contributed by atoms with Gasteiger partial charge in [0.05, 0.1) is 27.2 Å². The molecule has 0 aliphatic heterocycles. The molecule has 0 aromatic heterocycles. The first kappa shape index (κ1) is 29.6. The van der Waals surface area contributed by atoms with E-state index in [1.165, 1.54) is 127 Å². The number of hydrogen-bond donors (Lipinski definition) is 0. The SMILES string of the molecule is CCCCCCCCCCCCCCCCCC[N+](C)(C)CCN(C)C.[Br-]. The summed E-state index contributed by atoms with van der Waals surface area (Å²) in [5, 5.41) is 0. The second kappa shape index (κ2) is 21.1. The van der Waals surface area contributed by atoms with Gasteiger partial charge >= 0.3 is 0 Å². The molecule has 27 heavy (non-hydrogen) atoms. The lowest BCUT2D eigenvalue weighted by Crippen LogP contribution is -3.00. The zero-order valence-electron chi connectivity index (χ0n) is 19.7. The monoisotopic (exact) mass is 448 g/mol. The fraction of sp³-hybridized carbons (Fsp3) is 1.00. The second-order valence-corrected chi connectivity index (χ2v) is 9.49. The third kappa shape index (κ3) is 24.4. The summed E-state index contributed by atoms with van der Waals surface area (Å²) in [6, 6.07) is 0. The predicted molar refractivity (Wildman–Crippen MR) is 120 cm³/mol. The van der Waals surface area contributed by atoms with E-state index in [1.54, 1.807) is 0 Å². The molecule has 0 aliphatic rings. The number of quaternary nitrogens is 1. The van der Waals surface area contributed by atoms with Crippen LogP contribution < -0.4 is 17.0 Å². The van der Waals surface area contributed by atoms with Crippen LogP contribution in [0.1, 0.15) is 110 Å². The van der Waals surface area contributed by atoms with Crippen molar-refractivity contribution < 1.29 is 21.5 Å². The van der Waals surface area contributed by atoms with Crippen LogP contribution in [-0.2, 0) is 0 Å². The first-order valence-electron chi connectivity index (χ1n) is 11.9. The van der Waals surface area contributed by atoms with Crippen LogP contribution in [0.5, 0.6) is 0 Å². The molecule has 0 radical (unpaired) electrons. The molecule has 0 spiro atoms. The lowest BCUT2D eigenvalue weighted by atomic mass is 10.0. The van der Waals surface area contributed by atoms with Gasteiger partial charge in [-0.1, -0.05) is 96.8 Å². The summed E-state index contributed by atoms with van der Waals surface area (Å²) >= 11 is 0. The number of unbranched alkanes of at least 4 members (excludes halogenated alkanes) is 15. The van der Waals surface area contributed by atoms with Gasteiger partial charge in [-0.15, -0.1) is 0 Å². The second-order valence-electron chi connectivity index (χ2n) is 9.49. The first-order chi connectivity index (χ1) is 12.5. The molecule has 0 rings (SSSR count). The van der Waals surface area contributed by atoms with Crippen molar-refractivity contribution in [2.45, 2.75) is 110 Å². The van der Waals surface area contributed by atoms with Gasteiger partial charge in [0, 0.05) is 6.54 Å². The number of likely N-dealkylation sites (N-methyl/N-ethyl adjacent to an activating group) is 2. The van der Waals surface area contributed by atoms with Gasteiger partial charge in [0.25, 0.3) is 0 Å². The van der Waals surface area contributed by atoms with Gasteiger partial charge in [0.1, 0.15) is 0 Å². The highest BCUT2D eigenvalue weighted by Gasteiger charge is 2.14. The Bertz CT molecular complexity index is 280. The maximum absolute atomic E-state index is 2.38. The third-order valence-corrected chi connectivity index (χ3v) is 5.77. The van der Waals surface area contributed by atoms with Crippen LogP contribution in [-0.4, -0.2) is 57.2 Å². The number of rotatable bonds is 20. The third-order valence-electron chi connectivity index (χ3n) is 5.77. The van der Waals surface area contributed by atoms with E-state index in [0.29, 0.717) is 0 Å². The molecule has 0 saturated carbocycles. The van der Waals surface area contributed by atoms with E-state index < -0.39 is 0 Å². The molecule has 0 aliphatic carbocycles. The van der Waals surface area contributed by atoms with Crippen molar-refractivity contribution >= 4 is 0 Å². The molecule has 0 N–H and O–H groups in total. The van der Waals surface area contributed by atoms with Crippen molar-refractivity contribution in [2.24, 2.45) is 0 Å². The Balaban J connectivity index is 0. The standard InChI is InChI=1S/C24H53N2.BrH/c1-6-7-8-9-10-11-12-13-14-15-16-17-18-19-20-21-23-26(4,5)24-22-25(2)3;/h6-24H2,1-5H3;1H/q+1;/p-1. The van der Waals surface area contributed by atoms with Crippen LogP contribution in [0, 0.1) is 0 Å². The summed E-state index contributed by atoms with van der Waals surface area (Å²) in [6.07, 6.45) is 23.3. The lowest BCUT2D eigenvalue weighted by molar-refractivity contribution is -0.890. The topological polar surface area (TPSA) is 3.24 Å². The first-order valence-corrected chi connectivity index (χ1v) is 11.9. The van der Waals surface area contributed by atoms with Crippen LogP contribution in [0.3, 0.4) is 0 Å². The zero-order valence-corrected chi connectivity index (χ0v) is 21.3. The van der Waals surface area contributed by atoms with Gasteiger partial charge in [-0.25, -0.2) is 0 Å². The van der Waals surface area contributed by atoms with E-state index in [9.17, 15) is 0 Å². The molecule has 0 aromatic carbocycles. The summed E-state index contributed by atoms with van der Waals surface area (Å²) in [4.78, 5) is 2.30. The van der Waals surface area contributed by atoms with Crippen molar-refractivity contribution in [1.82, 2.24) is 4.90 Å². The Kier molecular flexibility index (Phi) is 23.2. The van der Waals surface area contributed by atoms with Crippen molar-refractivity contribution in [3.63, 3.8) is 0 Å². The van der Waals surface area contributed by atoms with E-state index in [-0.39, 0.29) is 17.0 Å². The van der Waals surface area contributed by atoms with Crippen molar-refractivity contribution in [3.8, 4) is 0 Å². The van der Waals surface area contributed by atoms with Crippen LogP contribution in [0.4, 0.5) is 0 Å². The molecule has 0 unspecified atom stereocenters. The van der Waals surface area contributed by atoms with Gasteiger partial charge < -0.3 is 26.4 Å². The van der Waals surface area contributed by atoms with Crippen molar-refractivity contribution in [2.75, 3.05) is 47.8 Å². The Labute approximate surface area is 183 Å². The molecule has 0 amide bonds. The molecule has 0 atom stereocenters. The average molecular weight is 450 g/mol. The highest BCUT2D eigenvalue weighted by Crippen LogP contribution is 2.14. The van der Waals surface area contributed by atoms with E-state index in [0.717, 1.165) is 0 Å². The summed E-state index contributed by atoms with van der Waals surface area (Å²) < 4.78 is 1.18. The molecular formula is C24H53BrN2. The maximum Gasteiger partial charge on any atom is 0.0911 e. The molecule has 2 nitrogen and oxygen atoms in total. The molecule has 0 heterocycles. The van der Waals surface area contributed by atoms with E-state index >= 15 is 0 Å².